The highest BCUT2D eigenvalue weighted by Crippen LogP contribution is 2.22. The summed E-state index contributed by atoms with van der Waals surface area (Å²) in [5, 5.41) is 3.48. The summed E-state index contributed by atoms with van der Waals surface area (Å²) in [4.78, 5) is 0. The van der Waals surface area contributed by atoms with Gasteiger partial charge in [0.25, 0.3) is 0 Å². The molecule has 2 heteroatoms. The summed E-state index contributed by atoms with van der Waals surface area (Å²) in [5.74, 6) is 0. The summed E-state index contributed by atoms with van der Waals surface area (Å²) in [5.41, 5.74) is 11.1. The molecule has 0 amide bonds. The molecule has 3 rings (SSSR count). The average Bonchev–Trinajstić information content (AvgIpc) is 2.68. The smallest absolute Gasteiger partial charge is 0.0400 e. The third-order valence-corrected chi connectivity index (χ3v) is 3.76. The molecule has 0 saturated heterocycles. The molecule has 1 atom stereocenters. The van der Waals surface area contributed by atoms with Gasteiger partial charge < -0.3 is 11.1 Å². The molecule has 102 valence electrons. The van der Waals surface area contributed by atoms with Crippen LogP contribution < -0.4 is 11.1 Å². The number of fused-ring (bicyclic) bond motifs is 1. The van der Waals surface area contributed by atoms with Gasteiger partial charge in [0.15, 0.2) is 0 Å². The van der Waals surface area contributed by atoms with Gasteiger partial charge >= 0.3 is 0 Å². The van der Waals surface area contributed by atoms with Crippen LogP contribution in [0.3, 0.4) is 0 Å². The molecule has 1 aliphatic carbocycles. The molecule has 1 aliphatic rings. The lowest BCUT2D eigenvalue weighted by atomic mass is 10.0. The molecule has 0 bridgehead atoms. The van der Waals surface area contributed by atoms with E-state index in [1.54, 1.807) is 0 Å². The molecule has 0 fully saturated rings. The molecular formula is C18H20N2. The van der Waals surface area contributed by atoms with E-state index < -0.39 is 0 Å². The number of hydrogen-bond acceptors (Lipinski definition) is 2. The molecular weight excluding hydrogens is 244 g/mol. The van der Waals surface area contributed by atoms with Crippen molar-refractivity contribution in [3.63, 3.8) is 0 Å². The number of nitrogens with two attached hydrogens (primary N) is 1. The quantitative estimate of drug-likeness (QED) is 0.889. The van der Waals surface area contributed by atoms with E-state index in [0.29, 0.717) is 0 Å². The highest BCUT2D eigenvalue weighted by atomic mass is 14.9. The third kappa shape index (κ3) is 3.09. The predicted molar refractivity (Wildman–Crippen MR) is 85.5 cm³/mol. The highest BCUT2D eigenvalue weighted by Gasteiger charge is 2.08. The summed E-state index contributed by atoms with van der Waals surface area (Å²) >= 11 is 0. The lowest BCUT2D eigenvalue weighted by Gasteiger charge is -2.10. The minimum atomic E-state index is 0.183. The van der Waals surface area contributed by atoms with E-state index >= 15 is 0 Å². The highest BCUT2D eigenvalue weighted by molar-refractivity contribution is 5.62. The van der Waals surface area contributed by atoms with Crippen LogP contribution in [-0.2, 0) is 13.0 Å². The van der Waals surface area contributed by atoms with Gasteiger partial charge in [-0.25, -0.2) is 0 Å². The average molecular weight is 264 g/mol. The largest absolute Gasteiger partial charge is 0.381 e. The van der Waals surface area contributed by atoms with Gasteiger partial charge in [0.05, 0.1) is 0 Å². The summed E-state index contributed by atoms with van der Waals surface area (Å²) in [6.45, 7) is 0.850. The van der Waals surface area contributed by atoms with Gasteiger partial charge in [-0.15, -0.1) is 0 Å². The van der Waals surface area contributed by atoms with Gasteiger partial charge in [0.1, 0.15) is 0 Å². The fourth-order valence-corrected chi connectivity index (χ4v) is 2.53. The fourth-order valence-electron chi connectivity index (χ4n) is 2.53. The van der Waals surface area contributed by atoms with Gasteiger partial charge in [0, 0.05) is 18.3 Å². The second kappa shape index (κ2) is 5.93. The number of aryl methyl sites for hydroxylation is 1. The normalized spacial score (nSPS) is 17.4. The Bertz CT molecular complexity index is 602. The van der Waals surface area contributed by atoms with Gasteiger partial charge in [0.2, 0.25) is 0 Å². The number of hydrogen-bond donors (Lipinski definition) is 2. The van der Waals surface area contributed by atoms with Crippen molar-refractivity contribution in [2.24, 2.45) is 5.73 Å². The minimum absolute atomic E-state index is 0.183. The first-order valence-electron chi connectivity index (χ1n) is 7.16. The zero-order chi connectivity index (χ0) is 13.8. The predicted octanol–water partition coefficient (Wildman–Crippen LogP) is 3.59. The van der Waals surface area contributed by atoms with Crippen LogP contribution in [0.1, 0.15) is 23.1 Å². The Balaban J connectivity index is 1.74. The van der Waals surface area contributed by atoms with Crippen LogP contribution in [0.4, 0.5) is 5.69 Å². The molecule has 0 saturated carbocycles. The van der Waals surface area contributed by atoms with Crippen LogP contribution in [0.25, 0.3) is 6.08 Å². The van der Waals surface area contributed by atoms with E-state index in [4.69, 9.17) is 5.73 Å². The van der Waals surface area contributed by atoms with Crippen molar-refractivity contribution in [1.29, 1.82) is 0 Å². The molecule has 2 nitrogen and oxygen atoms in total. The number of anilines is 1. The number of nitrogens with one attached hydrogen (secondary N) is 1. The molecule has 1 unspecified atom stereocenters. The molecule has 0 aromatic heterocycles. The number of rotatable bonds is 3. The Morgan fingerprint density at radius 2 is 1.95 bits per heavy atom. The lowest BCUT2D eigenvalue weighted by molar-refractivity contribution is 0.728. The van der Waals surface area contributed by atoms with E-state index in [1.165, 1.54) is 16.7 Å². The zero-order valence-electron chi connectivity index (χ0n) is 11.5. The third-order valence-electron chi connectivity index (χ3n) is 3.76. The maximum Gasteiger partial charge on any atom is 0.0400 e. The molecule has 2 aromatic carbocycles. The number of benzene rings is 2. The van der Waals surface area contributed by atoms with E-state index in [9.17, 15) is 0 Å². The van der Waals surface area contributed by atoms with Gasteiger partial charge in [-0.05, 0) is 41.7 Å². The first kappa shape index (κ1) is 12.9. The molecule has 0 aliphatic heterocycles. The Morgan fingerprint density at radius 1 is 1.10 bits per heavy atom. The molecule has 2 aromatic rings. The fraction of sp³-hybridized carbons (Fsp3) is 0.222. The molecule has 0 radical (unpaired) electrons. The van der Waals surface area contributed by atoms with Crippen molar-refractivity contribution >= 4 is 11.8 Å². The van der Waals surface area contributed by atoms with E-state index in [1.807, 2.05) is 6.07 Å². The first-order chi connectivity index (χ1) is 9.81. The minimum Gasteiger partial charge on any atom is -0.381 e. The topological polar surface area (TPSA) is 38.0 Å². The summed E-state index contributed by atoms with van der Waals surface area (Å²) in [6, 6.07) is 17.2. The van der Waals surface area contributed by atoms with Crippen LogP contribution in [0.2, 0.25) is 0 Å². The Kier molecular flexibility index (Phi) is 3.84. The van der Waals surface area contributed by atoms with Crippen molar-refractivity contribution < 1.29 is 0 Å². The van der Waals surface area contributed by atoms with Crippen molar-refractivity contribution in [1.82, 2.24) is 0 Å². The second-order valence-electron chi connectivity index (χ2n) is 5.31. The molecule has 0 heterocycles. The van der Waals surface area contributed by atoms with Crippen LogP contribution >= 0.6 is 0 Å². The maximum atomic E-state index is 5.98. The van der Waals surface area contributed by atoms with Crippen LogP contribution in [0, 0.1) is 0 Å². The standard InChI is InChI=1S/C18H20N2/c19-17-9-6-15-8-11-18(12-16(15)7-10-17)20-13-14-4-2-1-3-5-14/h1-5,7-8,10-12,17,20H,6,9,13,19H2. The van der Waals surface area contributed by atoms with Crippen molar-refractivity contribution in [2.45, 2.75) is 25.4 Å². The van der Waals surface area contributed by atoms with Crippen molar-refractivity contribution in [3.8, 4) is 0 Å². The van der Waals surface area contributed by atoms with Gasteiger partial charge in [-0.1, -0.05) is 48.6 Å². The van der Waals surface area contributed by atoms with E-state index in [0.717, 1.165) is 25.1 Å². The second-order valence-corrected chi connectivity index (χ2v) is 5.31. The van der Waals surface area contributed by atoms with Gasteiger partial charge in [-0.3, -0.25) is 0 Å². The first-order valence-corrected chi connectivity index (χ1v) is 7.16. The van der Waals surface area contributed by atoms with Gasteiger partial charge in [-0.2, -0.15) is 0 Å². The van der Waals surface area contributed by atoms with Crippen molar-refractivity contribution in [3.05, 3.63) is 71.3 Å². The SMILES string of the molecule is NC1C=Cc2cc(NCc3ccccc3)ccc2CC1. The summed E-state index contributed by atoms with van der Waals surface area (Å²) < 4.78 is 0. The molecule has 0 spiro atoms. The monoisotopic (exact) mass is 264 g/mol. The van der Waals surface area contributed by atoms with Crippen LogP contribution in [0.5, 0.6) is 0 Å². The lowest BCUT2D eigenvalue weighted by Crippen LogP contribution is -2.16. The molecule has 3 N–H and O–H groups in total. The van der Waals surface area contributed by atoms with Crippen LogP contribution in [-0.4, -0.2) is 6.04 Å². The molecule has 20 heavy (non-hydrogen) atoms. The maximum absolute atomic E-state index is 5.98. The van der Waals surface area contributed by atoms with Crippen LogP contribution in [0.15, 0.2) is 54.6 Å². The Labute approximate surface area is 120 Å². The Morgan fingerprint density at radius 3 is 2.80 bits per heavy atom. The van der Waals surface area contributed by atoms with E-state index in [-0.39, 0.29) is 6.04 Å². The summed E-state index contributed by atoms with van der Waals surface area (Å²) in [6.07, 6.45) is 6.34. The Hall–Kier alpha value is -2.06. The van der Waals surface area contributed by atoms with E-state index in [2.05, 4.69) is 59.9 Å². The summed E-state index contributed by atoms with van der Waals surface area (Å²) in [7, 11) is 0. The van der Waals surface area contributed by atoms with Crippen molar-refractivity contribution in [2.75, 3.05) is 5.32 Å². The zero-order valence-corrected chi connectivity index (χ0v) is 11.5.